The number of rotatable bonds is 3. The Labute approximate surface area is 123 Å². The highest BCUT2D eigenvalue weighted by Gasteiger charge is 2.32. The molecule has 0 saturated carbocycles. The number of hydrogen-bond donors (Lipinski definition) is 1. The zero-order valence-electron chi connectivity index (χ0n) is 10.4. The molecule has 1 aromatic rings. The molecule has 1 aliphatic heterocycles. The third kappa shape index (κ3) is 2.90. The third-order valence-electron chi connectivity index (χ3n) is 3.28. The Morgan fingerprint density at radius 3 is 2.58 bits per heavy atom. The molecule has 106 valence electrons. The Kier molecular flexibility index (Phi) is 4.42. The summed E-state index contributed by atoms with van der Waals surface area (Å²) in [4.78, 5) is 0.0108. The van der Waals surface area contributed by atoms with Crippen LogP contribution >= 0.6 is 23.2 Å². The van der Waals surface area contributed by atoms with E-state index >= 15 is 0 Å². The molecular formula is C12H15Cl2NO3S. The number of aliphatic hydroxyl groups excluding tert-OH is 1. The van der Waals surface area contributed by atoms with Crippen molar-refractivity contribution in [3.63, 3.8) is 0 Å². The van der Waals surface area contributed by atoms with E-state index in [0.29, 0.717) is 24.6 Å². The van der Waals surface area contributed by atoms with Gasteiger partial charge in [0.1, 0.15) is 4.90 Å². The maximum absolute atomic E-state index is 12.5. The molecule has 19 heavy (non-hydrogen) atoms. The molecule has 0 spiro atoms. The normalized spacial score (nSPS) is 20.9. The molecule has 1 atom stereocenters. The zero-order valence-corrected chi connectivity index (χ0v) is 12.8. The molecule has 0 amide bonds. The lowest BCUT2D eigenvalue weighted by Gasteiger charge is -2.18. The van der Waals surface area contributed by atoms with Crippen molar-refractivity contribution >= 4 is 33.2 Å². The summed E-state index contributed by atoms with van der Waals surface area (Å²) >= 11 is 11.9. The predicted octanol–water partition coefficient (Wildman–Crippen LogP) is 2.52. The number of sulfonamides is 1. The molecule has 0 aliphatic carbocycles. The predicted molar refractivity (Wildman–Crippen MR) is 74.9 cm³/mol. The zero-order chi connectivity index (χ0) is 14.2. The van der Waals surface area contributed by atoms with Crippen LogP contribution in [-0.4, -0.2) is 30.9 Å². The van der Waals surface area contributed by atoms with E-state index in [4.69, 9.17) is 23.2 Å². The second-order valence-corrected chi connectivity index (χ2v) is 7.51. The van der Waals surface area contributed by atoms with Crippen molar-refractivity contribution in [1.82, 2.24) is 4.31 Å². The molecule has 1 saturated heterocycles. The van der Waals surface area contributed by atoms with Crippen LogP contribution in [0.15, 0.2) is 17.0 Å². The van der Waals surface area contributed by atoms with Gasteiger partial charge in [-0.3, -0.25) is 0 Å². The molecule has 1 heterocycles. The minimum Gasteiger partial charge on any atom is -0.392 e. The van der Waals surface area contributed by atoms with Gasteiger partial charge in [0.05, 0.1) is 11.6 Å². The molecular weight excluding hydrogens is 309 g/mol. The third-order valence-corrected chi connectivity index (χ3v) is 5.96. The maximum Gasteiger partial charge on any atom is 0.244 e. The fourth-order valence-electron chi connectivity index (χ4n) is 2.14. The number of nitrogens with zero attached hydrogens (tertiary/aromatic N) is 1. The van der Waals surface area contributed by atoms with Gasteiger partial charge >= 0.3 is 0 Å². The van der Waals surface area contributed by atoms with Crippen LogP contribution in [-0.2, 0) is 16.6 Å². The summed E-state index contributed by atoms with van der Waals surface area (Å²) < 4.78 is 26.4. The lowest BCUT2D eigenvalue weighted by atomic mass is 10.2. The van der Waals surface area contributed by atoms with Crippen molar-refractivity contribution in [2.45, 2.75) is 24.8 Å². The van der Waals surface area contributed by atoms with Gasteiger partial charge < -0.3 is 5.11 Å². The Morgan fingerprint density at radius 2 is 2.05 bits per heavy atom. The average molecular weight is 324 g/mol. The van der Waals surface area contributed by atoms with Gasteiger partial charge in [-0.05, 0) is 30.0 Å². The van der Waals surface area contributed by atoms with Crippen LogP contribution < -0.4 is 0 Å². The van der Waals surface area contributed by atoms with Gasteiger partial charge in [0.15, 0.2) is 0 Å². The highest BCUT2D eigenvalue weighted by atomic mass is 35.5. The first kappa shape index (κ1) is 15.1. The van der Waals surface area contributed by atoms with E-state index in [0.717, 1.165) is 6.42 Å². The van der Waals surface area contributed by atoms with Crippen LogP contribution in [0.5, 0.6) is 0 Å². The number of hydrogen-bond acceptors (Lipinski definition) is 3. The van der Waals surface area contributed by atoms with Gasteiger partial charge in [-0.2, -0.15) is 4.31 Å². The molecule has 4 nitrogen and oxygen atoms in total. The van der Waals surface area contributed by atoms with E-state index in [9.17, 15) is 13.5 Å². The van der Waals surface area contributed by atoms with Crippen LogP contribution in [0.2, 0.25) is 10.0 Å². The van der Waals surface area contributed by atoms with Crippen molar-refractivity contribution in [2.24, 2.45) is 5.92 Å². The van der Waals surface area contributed by atoms with Crippen molar-refractivity contribution in [3.8, 4) is 0 Å². The quantitative estimate of drug-likeness (QED) is 0.929. The summed E-state index contributed by atoms with van der Waals surface area (Å²) in [6.07, 6.45) is 0.845. The summed E-state index contributed by atoms with van der Waals surface area (Å²) in [5.74, 6) is 0.346. The van der Waals surface area contributed by atoms with Crippen LogP contribution in [0.3, 0.4) is 0 Å². The first-order valence-corrected chi connectivity index (χ1v) is 8.14. The van der Waals surface area contributed by atoms with Crippen LogP contribution in [0, 0.1) is 5.92 Å². The van der Waals surface area contributed by atoms with E-state index < -0.39 is 10.0 Å². The second-order valence-electron chi connectivity index (χ2n) is 4.79. The molecule has 0 bridgehead atoms. The fraction of sp³-hybridized carbons (Fsp3) is 0.500. The molecule has 0 radical (unpaired) electrons. The van der Waals surface area contributed by atoms with Crippen LogP contribution in [0.25, 0.3) is 0 Å². The summed E-state index contributed by atoms with van der Waals surface area (Å²) in [6.45, 7) is 2.68. The molecule has 1 N–H and O–H groups in total. The Morgan fingerprint density at radius 1 is 1.37 bits per heavy atom. The summed E-state index contributed by atoms with van der Waals surface area (Å²) in [7, 11) is -3.62. The smallest absolute Gasteiger partial charge is 0.244 e. The average Bonchev–Trinajstić information content (AvgIpc) is 2.76. The van der Waals surface area contributed by atoms with Gasteiger partial charge in [-0.1, -0.05) is 30.1 Å². The van der Waals surface area contributed by atoms with E-state index in [1.54, 1.807) is 0 Å². The molecule has 1 unspecified atom stereocenters. The fourth-order valence-corrected chi connectivity index (χ4v) is 4.55. The summed E-state index contributed by atoms with van der Waals surface area (Å²) in [5.41, 5.74) is 0.358. The number of benzene rings is 1. The topological polar surface area (TPSA) is 57.6 Å². The molecule has 1 aromatic carbocycles. The maximum atomic E-state index is 12.5. The molecule has 2 rings (SSSR count). The first-order valence-electron chi connectivity index (χ1n) is 5.95. The summed E-state index contributed by atoms with van der Waals surface area (Å²) in [5, 5.41) is 9.52. The Bertz CT molecular complexity index is 589. The van der Waals surface area contributed by atoms with Gasteiger partial charge in [-0.15, -0.1) is 0 Å². The van der Waals surface area contributed by atoms with Gasteiger partial charge in [0.2, 0.25) is 10.0 Å². The minimum absolute atomic E-state index is 0.0108. The van der Waals surface area contributed by atoms with E-state index in [2.05, 4.69) is 0 Å². The SMILES string of the molecule is CC1CCN(S(=O)(=O)c2cc(CO)c(Cl)cc2Cl)C1. The van der Waals surface area contributed by atoms with Crippen molar-refractivity contribution in [1.29, 1.82) is 0 Å². The Hall–Kier alpha value is -0.330. The number of aliphatic hydroxyl groups is 1. The van der Waals surface area contributed by atoms with Crippen molar-refractivity contribution in [3.05, 3.63) is 27.7 Å². The minimum atomic E-state index is -3.62. The van der Waals surface area contributed by atoms with Crippen LogP contribution in [0.4, 0.5) is 0 Å². The molecule has 1 fully saturated rings. The molecule has 7 heteroatoms. The van der Waals surface area contributed by atoms with Gasteiger partial charge in [-0.25, -0.2) is 8.42 Å². The van der Waals surface area contributed by atoms with Crippen molar-refractivity contribution in [2.75, 3.05) is 13.1 Å². The van der Waals surface area contributed by atoms with Gasteiger partial charge in [0.25, 0.3) is 0 Å². The highest BCUT2D eigenvalue weighted by Crippen LogP contribution is 2.32. The Balaban J connectivity index is 2.46. The number of halogens is 2. The second kappa shape index (κ2) is 5.58. The first-order chi connectivity index (χ1) is 8.86. The van der Waals surface area contributed by atoms with E-state index in [1.165, 1.54) is 16.4 Å². The molecule has 1 aliphatic rings. The van der Waals surface area contributed by atoms with E-state index in [-0.39, 0.29) is 21.5 Å². The summed E-state index contributed by atoms with van der Waals surface area (Å²) in [6, 6.07) is 2.71. The molecule has 0 aromatic heterocycles. The largest absolute Gasteiger partial charge is 0.392 e. The standard InChI is InChI=1S/C12H15Cl2NO3S/c1-8-2-3-15(6-8)19(17,18)12-4-9(7-16)10(13)5-11(12)14/h4-5,8,16H,2-3,6-7H2,1H3. The monoisotopic (exact) mass is 323 g/mol. The van der Waals surface area contributed by atoms with Gasteiger partial charge in [0, 0.05) is 18.1 Å². The van der Waals surface area contributed by atoms with Crippen LogP contribution in [0.1, 0.15) is 18.9 Å². The van der Waals surface area contributed by atoms with E-state index in [1.807, 2.05) is 6.92 Å². The lowest BCUT2D eigenvalue weighted by Crippen LogP contribution is -2.29. The lowest BCUT2D eigenvalue weighted by molar-refractivity contribution is 0.281. The van der Waals surface area contributed by atoms with Crippen molar-refractivity contribution < 1.29 is 13.5 Å². The highest BCUT2D eigenvalue weighted by molar-refractivity contribution is 7.89.